The van der Waals surface area contributed by atoms with E-state index in [1.165, 1.54) is 0 Å². The maximum absolute atomic E-state index is 11.5. The third-order valence-corrected chi connectivity index (χ3v) is 2.92. The maximum atomic E-state index is 11.5. The topological polar surface area (TPSA) is 54.9 Å². The number of carbonyl (C=O) groups is 1. The van der Waals surface area contributed by atoms with Gasteiger partial charge in [0, 0.05) is 18.0 Å². The second-order valence-electron chi connectivity index (χ2n) is 3.58. The zero-order chi connectivity index (χ0) is 11.9. The Morgan fingerprint density at radius 2 is 2.24 bits per heavy atom. The van der Waals surface area contributed by atoms with E-state index < -0.39 is 0 Å². The van der Waals surface area contributed by atoms with Crippen LogP contribution in [0.4, 0.5) is 0 Å². The number of hydrogen-bond donors (Lipinski definition) is 1. The Morgan fingerprint density at radius 1 is 1.29 bits per heavy atom. The van der Waals surface area contributed by atoms with Gasteiger partial charge in [-0.05, 0) is 18.6 Å². The number of nitrogens with one attached hydrogen (secondary N) is 1. The predicted octanol–water partition coefficient (Wildman–Crippen LogP) is 1.79. The van der Waals surface area contributed by atoms with Gasteiger partial charge in [0.05, 0.1) is 23.4 Å². The second-order valence-corrected chi connectivity index (χ2v) is 4.30. The Bertz CT molecular complexity index is 456. The Labute approximate surface area is 104 Å². The summed E-state index contributed by atoms with van der Waals surface area (Å²) in [5.74, 6) is 0.0312. The molecule has 0 saturated carbocycles. The first-order chi connectivity index (χ1) is 8.34. The van der Waals surface area contributed by atoms with Crippen molar-refractivity contribution in [3.63, 3.8) is 0 Å². The van der Waals surface area contributed by atoms with Crippen molar-refractivity contribution in [2.45, 2.75) is 19.4 Å². The molecule has 88 valence electrons. The quantitative estimate of drug-likeness (QED) is 0.876. The third kappa shape index (κ3) is 3.96. The van der Waals surface area contributed by atoms with E-state index in [9.17, 15) is 4.79 Å². The number of aromatic nitrogens is 2. The van der Waals surface area contributed by atoms with Crippen LogP contribution in [0.5, 0.6) is 0 Å². The smallest absolute Gasteiger partial charge is 0.220 e. The van der Waals surface area contributed by atoms with Crippen molar-refractivity contribution in [2.24, 2.45) is 0 Å². The summed E-state index contributed by atoms with van der Waals surface area (Å²) in [7, 11) is 0. The van der Waals surface area contributed by atoms with Crippen LogP contribution in [0.2, 0.25) is 0 Å². The summed E-state index contributed by atoms with van der Waals surface area (Å²) in [6.07, 6.45) is 2.88. The van der Waals surface area contributed by atoms with Gasteiger partial charge < -0.3 is 5.32 Å². The highest BCUT2D eigenvalue weighted by molar-refractivity contribution is 7.07. The van der Waals surface area contributed by atoms with Gasteiger partial charge in [0.15, 0.2) is 0 Å². The number of amides is 1. The molecule has 0 unspecified atom stereocenters. The molecule has 0 aliphatic carbocycles. The Hall–Kier alpha value is -1.75. The van der Waals surface area contributed by atoms with Crippen molar-refractivity contribution < 1.29 is 4.79 Å². The van der Waals surface area contributed by atoms with Gasteiger partial charge in [-0.15, -0.1) is 11.3 Å². The average Bonchev–Trinajstić information content (AvgIpc) is 2.88. The molecule has 0 radical (unpaired) electrons. The van der Waals surface area contributed by atoms with Crippen LogP contribution >= 0.6 is 11.3 Å². The average molecular weight is 247 g/mol. The minimum atomic E-state index is 0.0312. The van der Waals surface area contributed by atoms with E-state index >= 15 is 0 Å². The van der Waals surface area contributed by atoms with E-state index in [4.69, 9.17) is 0 Å². The highest BCUT2D eigenvalue weighted by Crippen LogP contribution is 2.03. The number of pyridine rings is 1. The normalized spacial score (nSPS) is 10.1. The molecule has 0 aliphatic rings. The molecule has 2 heterocycles. The number of nitrogens with zero attached hydrogens (tertiary/aromatic N) is 2. The lowest BCUT2D eigenvalue weighted by Gasteiger charge is -2.03. The van der Waals surface area contributed by atoms with E-state index in [1.54, 1.807) is 23.0 Å². The second kappa shape index (κ2) is 6.10. The van der Waals surface area contributed by atoms with Crippen LogP contribution in [0.1, 0.15) is 17.8 Å². The van der Waals surface area contributed by atoms with Crippen LogP contribution < -0.4 is 5.32 Å². The van der Waals surface area contributed by atoms with Crippen LogP contribution in [0.15, 0.2) is 35.3 Å². The molecular weight excluding hydrogens is 234 g/mol. The van der Waals surface area contributed by atoms with E-state index in [-0.39, 0.29) is 5.91 Å². The van der Waals surface area contributed by atoms with Gasteiger partial charge in [0.1, 0.15) is 0 Å². The van der Waals surface area contributed by atoms with E-state index in [0.29, 0.717) is 19.4 Å². The molecule has 2 aromatic heterocycles. The van der Waals surface area contributed by atoms with Crippen molar-refractivity contribution in [1.29, 1.82) is 0 Å². The molecule has 0 aliphatic heterocycles. The summed E-state index contributed by atoms with van der Waals surface area (Å²) in [4.78, 5) is 19.8. The Morgan fingerprint density at radius 3 is 2.94 bits per heavy atom. The van der Waals surface area contributed by atoms with Gasteiger partial charge >= 0.3 is 0 Å². The summed E-state index contributed by atoms with van der Waals surface area (Å²) in [6, 6.07) is 5.65. The van der Waals surface area contributed by atoms with E-state index in [0.717, 1.165) is 11.4 Å². The van der Waals surface area contributed by atoms with Gasteiger partial charge in [-0.25, -0.2) is 4.98 Å². The van der Waals surface area contributed by atoms with Gasteiger partial charge in [-0.3, -0.25) is 9.78 Å². The van der Waals surface area contributed by atoms with Crippen molar-refractivity contribution in [2.75, 3.05) is 0 Å². The van der Waals surface area contributed by atoms with Crippen LogP contribution in [0.3, 0.4) is 0 Å². The fraction of sp³-hybridized carbons (Fsp3) is 0.250. The summed E-state index contributed by atoms with van der Waals surface area (Å²) in [5, 5.41) is 4.80. The van der Waals surface area contributed by atoms with Gasteiger partial charge in [0.2, 0.25) is 5.91 Å². The molecular formula is C12H13N3OS. The molecule has 1 amide bonds. The first-order valence-corrected chi connectivity index (χ1v) is 6.32. The predicted molar refractivity (Wildman–Crippen MR) is 66.5 cm³/mol. The summed E-state index contributed by atoms with van der Waals surface area (Å²) in [5.41, 5.74) is 3.62. The van der Waals surface area contributed by atoms with Crippen molar-refractivity contribution in [1.82, 2.24) is 15.3 Å². The molecule has 0 spiro atoms. The molecule has 1 N–H and O–H groups in total. The maximum Gasteiger partial charge on any atom is 0.220 e. The third-order valence-electron chi connectivity index (χ3n) is 2.28. The number of carbonyl (C=O) groups excluding carboxylic acids is 1. The molecule has 4 nitrogen and oxygen atoms in total. The summed E-state index contributed by atoms with van der Waals surface area (Å²) >= 11 is 1.55. The molecule has 2 rings (SSSR count). The lowest BCUT2D eigenvalue weighted by molar-refractivity contribution is -0.121. The molecule has 17 heavy (non-hydrogen) atoms. The van der Waals surface area contributed by atoms with Crippen LogP contribution in [0.25, 0.3) is 0 Å². The van der Waals surface area contributed by atoms with Gasteiger partial charge in [-0.1, -0.05) is 6.07 Å². The fourth-order valence-electron chi connectivity index (χ4n) is 1.38. The zero-order valence-corrected chi connectivity index (χ0v) is 10.1. The van der Waals surface area contributed by atoms with Crippen molar-refractivity contribution >= 4 is 17.2 Å². The number of hydrogen-bond acceptors (Lipinski definition) is 4. The lowest BCUT2D eigenvalue weighted by Crippen LogP contribution is -2.23. The first kappa shape index (κ1) is 11.7. The molecule has 5 heteroatoms. The molecule has 0 aromatic carbocycles. The van der Waals surface area contributed by atoms with Gasteiger partial charge in [0.25, 0.3) is 0 Å². The SMILES string of the molecule is O=C(CCc1cscn1)NCc1ccccn1. The van der Waals surface area contributed by atoms with Crippen molar-refractivity contribution in [3.05, 3.63) is 46.7 Å². The van der Waals surface area contributed by atoms with Crippen molar-refractivity contribution in [3.8, 4) is 0 Å². The molecule has 0 saturated heterocycles. The summed E-state index contributed by atoms with van der Waals surface area (Å²) < 4.78 is 0. The summed E-state index contributed by atoms with van der Waals surface area (Å²) in [6.45, 7) is 0.483. The van der Waals surface area contributed by atoms with Crippen LogP contribution in [-0.4, -0.2) is 15.9 Å². The minimum absolute atomic E-state index is 0.0312. The monoisotopic (exact) mass is 247 g/mol. The molecule has 0 fully saturated rings. The Kier molecular flexibility index (Phi) is 4.21. The standard InChI is InChI=1S/C12H13N3OS/c16-12(5-4-11-8-17-9-15-11)14-7-10-3-1-2-6-13-10/h1-3,6,8-9H,4-5,7H2,(H,14,16). The fourth-order valence-corrected chi connectivity index (χ4v) is 1.98. The highest BCUT2D eigenvalue weighted by Gasteiger charge is 2.03. The number of thiazole rings is 1. The molecule has 0 atom stereocenters. The van der Waals surface area contributed by atoms with E-state index in [1.807, 2.05) is 23.6 Å². The van der Waals surface area contributed by atoms with E-state index in [2.05, 4.69) is 15.3 Å². The van der Waals surface area contributed by atoms with Gasteiger partial charge in [-0.2, -0.15) is 0 Å². The first-order valence-electron chi connectivity index (χ1n) is 5.38. The largest absolute Gasteiger partial charge is 0.350 e. The van der Waals surface area contributed by atoms with Crippen LogP contribution in [-0.2, 0) is 17.8 Å². The number of rotatable bonds is 5. The Balaban J connectivity index is 1.71. The number of aryl methyl sites for hydroxylation is 1. The minimum Gasteiger partial charge on any atom is -0.350 e. The van der Waals surface area contributed by atoms with Crippen LogP contribution in [0, 0.1) is 0 Å². The molecule has 2 aromatic rings. The highest BCUT2D eigenvalue weighted by atomic mass is 32.1. The zero-order valence-electron chi connectivity index (χ0n) is 9.30. The lowest BCUT2D eigenvalue weighted by atomic mass is 10.2. The molecule has 0 bridgehead atoms.